The molecule has 2 fully saturated rings. The zero-order valence-corrected chi connectivity index (χ0v) is 9.82. The van der Waals surface area contributed by atoms with Gasteiger partial charge in [0.05, 0.1) is 6.10 Å². The maximum Gasteiger partial charge on any atom is 0.0743 e. The third-order valence-corrected chi connectivity index (χ3v) is 3.56. The van der Waals surface area contributed by atoms with Crippen molar-refractivity contribution in [1.29, 1.82) is 0 Å². The first-order valence-electron chi connectivity index (χ1n) is 6.44. The molecular weight excluding hydrogens is 188 g/mol. The Hall–Kier alpha value is -0.120. The van der Waals surface area contributed by atoms with Crippen molar-refractivity contribution in [2.24, 2.45) is 5.73 Å². The average Bonchev–Trinajstić information content (AvgIpc) is 2.96. The van der Waals surface area contributed by atoms with Crippen LogP contribution < -0.4 is 5.73 Å². The van der Waals surface area contributed by atoms with Crippen molar-refractivity contribution >= 4 is 0 Å². The molecule has 2 atom stereocenters. The van der Waals surface area contributed by atoms with Crippen LogP contribution >= 0.6 is 0 Å². The molecule has 3 heteroatoms. The lowest BCUT2D eigenvalue weighted by atomic mass is 10.1. The molecule has 0 radical (unpaired) electrons. The van der Waals surface area contributed by atoms with E-state index >= 15 is 0 Å². The third-order valence-electron chi connectivity index (χ3n) is 3.56. The molecule has 1 saturated carbocycles. The van der Waals surface area contributed by atoms with Crippen LogP contribution in [-0.2, 0) is 4.74 Å². The Labute approximate surface area is 93.0 Å². The van der Waals surface area contributed by atoms with Crippen molar-refractivity contribution in [3.05, 3.63) is 0 Å². The predicted molar refractivity (Wildman–Crippen MR) is 61.8 cm³/mol. The van der Waals surface area contributed by atoms with Gasteiger partial charge in [0.15, 0.2) is 0 Å². The number of ether oxygens (including phenoxy) is 1. The molecule has 1 saturated heterocycles. The van der Waals surface area contributed by atoms with Crippen LogP contribution in [-0.4, -0.2) is 42.8 Å². The monoisotopic (exact) mass is 212 g/mol. The van der Waals surface area contributed by atoms with E-state index in [0.29, 0.717) is 12.1 Å². The van der Waals surface area contributed by atoms with Crippen LogP contribution in [0.25, 0.3) is 0 Å². The molecule has 1 aliphatic heterocycles. The van der Waals surface area contributed by atoms with Crippen molar-refractivity contribution in [2.45, 2.75) is 57.2 Å². The van der Waals surface area contributed by atoms with Gasteiger partial charge in [-0.25, -0.2) is 0 Å². The fourth-order valence-corrected chi connectivity index (χ4v) is 2.69. The zero-order valence-electron chi connectivity index (χ0n) is 9.82. The van der Waals surface area contributed by atoms with E-state index in [1.54, 1.807) is 0 Å². The molecule has 15 heavy (non-hydrogen) atoms. The summed E-state index contributed by atoms with van der Waals surface area (Å²) >= 11 is 0. The van der Waals surface area contributed by atoms with Crippen LogP contribution in [0.3, 0.4) is 0 Å². The molecule has 0 aromatic rings. The molecule has 0 bridgehead atoms. The molecule has 0 amide bonds. The van der Waals surface area contributed by atoms with Crippen molar-refractivity contribution in [3.63, 3.8) is 0 Å². The summed E-state index contributed by atoms with van der Waals surface area (Å²) in [6.45, 7) is 5.12. The molecule has 2 N–H and O–H groups in total. The summed E-state index contributed by atoms with van der Waals surface area (Å²) in [7, 11) is 0. The van der Waals surface area contributed by atoms with Crippen LogP contribution in [0.2, 0.25) is 0 Å². The molecule has 2 unspecified atom stereocenters. The van der Waals surface area contributed by atoms with Crippen LogP contribution in [0, 0.1) is 0 Å². The lowest BCUT2D eigenvalue weighted by Crippen LogP contribution is -2.49. The summed E-state index contributed by atoms with van der Waals surface area (Å²) < 4.78 is 5.79. The largest absolute Gasteiger partial charge is 0.377 e. The summed E-state index contributed by atoms with van der Waals surface area (Å²) in [5, 5.41) is 0. The molecule has 1 heterocycles. The third kappa shape index (κ3) is 2.71. The fourth-order valence-electron chi connectivity index (χ4n) is 2.69. The van der Waals surface area contributed by atoms with Gasteiger partial charge in [0.1, 0.15) is 0 Å². The maximum absolute atomic E-state index is 5.93. The van der Waals surface area contributed by atoms with Gasteiger partial charge in [-0.15, -0.1) is 0 Å². The fraction of sp³-hybridized carbons (Fsp3) is 1.00. The highest BCUT2D eigenvalue weighted by atomic mass is 16.5. The highest BCUT2D eigenvalue weighted by Gasteiger charge is 2.37. The van der Waals surface area contributed by atoms with Gasteiger partial charge in [-0.2, -0.15) is 0 Å². The molecule has 1 aliphatic carbocycles. The Bertz CT molecular complexity index is 188. The minimum Gasteiger partial charge on any atom is -0.377 e. The van der Waals surface area contributed by atoms with Gasteiger partial charge in [-0.05, 0) is 38.6 Å². The molecule has 88 valence electrons. The Balaban J connectivity index is 1.94. The molecule has 0 aromatic carbocycles. The van der Waals surface area contributed by atoms with Crippen molar-refractivity contribution in [1.82, 2.24) is 4.90 Å². The second kappa shape index (κ2) is 5.28. The van der Waals surface area contributed by atoms with Gasteiger partial charge in [-0.1, -0.05) is 6.92 Å². The smallest absolute Gasteiger partial charge is 0.0743 e. The van der Waals surface area contributed by atoms with Gasteiger partial charge >= 0.3 is 0 Å². The second-order valence-corrected chi connectivity index (χ2v) is 4.82. The standard InChI is InChI=1S/C12H24N2O/c1-2-7-14(10-5-6-10)11(9-13)12-4-3-8-15-12/h10-12H,2-9,13H2,1H3. The second-order valence-electron chi connectivity index (χ2n) is 4.82. The Morgan fingerprint density at radius 3 is 2.67 bits per heavy atom. The normalized spacial score (nSPS) is 28.6. The molecule has 3 nitrogen and oxygen atoms in total. The van der Waals surface area contributed by atoms with Crippen LogP contribution in [0.4, 0.5) is 0 Å². The number of hydrogen-bond donors (Lipinski definition) is 1. The first-order chi connectivity index (χ1) is 7.36. The van der Waals surface area contributed by atoms with Crippen molar-refractivity contribution in [3.8, 4) is 0 Å². The lowest BCUT2D eigenvalue weighted by molar-refractivity contribution is 0.0235. The molecule has 0 spiro atoms. The summed E-state index contributed by atoms with van der Waals surface area (Å²) in [6.07, 6.45) is 6.77. The molecule has 2 rings (SSSR count). The maximum atomic E-state index is 5.93. The Morgan fingerprint density at radius 2 is 2.20 bits per heavy atom. The summed E-state index contributed by atoms with van der Waals surface area (Å²) in [6, 6.07) is 1.28. The van der Waals surface area contributed by atoms with Crippen LogP contribution in [0.5, 0.6) is 0 Å². The van der Waals surface area contributed by atoms with Gasteiger partial charge in [0, 0.05) is 25.2 Å². The summed E-state index contributed by atoms with van der Waals surface area (Å²) in [4.78, 5) is 2.61. The van der Waals surface area contributed by atoms with Gasteiger partial charge in [-0.3, -0.25) is 4.90 Å². The average molecular weight is 212 g/mol. The van der Waals surface area contributed by atoms with Gasteiger partial charge in [0.2, 0.25) is 0 Å². The lowest BCUT2D eigenvalue weighted by Gasteiger charge is -2.34. The highest BCUT2D eigenvalue weighted by Crippen LogP contribution is 2.31. The zero-order chi connectivity index (χ0) is 10.7. The molecule has 0 aromatic heterocycles. The first kappa shape index (κ1) is 11.4. The van der Waals surface area contributed by atoms with E-state index in [0.717, 1.165) is 19.2 Å². The van der Waals surface area contributed by atoms with Crippen molar-refractivity contribution < 1.29 is 4.74 Å². The first-order valence-corrected chi connectivity index (χ1v) is 6.44. The molecule has 2 aliphatic rings. The number of hydrogen-bond acceptors (Lipinski definition) is 3. The predicted octanol–water partition coefficient (Wildman–Crippen LogP) is 1.37. The van der Waals surface area contributed by atoms with E-state index in [2.05, 4.69) is 11.8 Å². The summed E-state index contributed by atoms with van der Waals surface area (Å²) in [5.41, 5.74) is 5.93. The topological polar surface area (TPSA) is 38.5 Å². The number of nitrogens with two attached hydrogens (primary N) is 1. The minimum atomic E-state index is 0.405. The van der Waals surface area contributed by atoms with Crippen LogP contribution in [0.15, 0.2) is 0 Å². The Kier molecular flexibility index (Phi) is 4.00. The van der Waals surface area contributed by atoms with E-state index in [4.69, 9.17) is 10.5 Å². The quantitative estimate of drug-likeness (QED) is 0.722. The number of nitrogens with zero attached hydrogens (tertiary/aromatic N) is 1. The summed E-state index contributed by atoms with van der Waals surface area (Å²) in [5.74, 6) is 0. The van der Waals surface area contributed by atoms with Gasteiger partial charge in [0.25, 0.3) is 0 Å². The van der Waals surface area contributed by atoms with E-state index < -0.39 is 0 Å². The Morgan fingerprint density at radius 1 is 1.40 bits per heavy atom. The SMILES string of the molecule is CCCN(C1CC1)C(CN)C1CCCO1. The van der Waals surface area contributed by atoms with Gasteiger partial charge < -0.3 is 10.5 Å². The van der Waals surface area contributed by atoms with Crippen LogP contribution in [0.1, 0.15) is 39.0 Å². The minimum absolute atomic E-state index is 0.405. The van der Waals surface area contributed by atoms with E-state index in [1.807, 2.05) is 0 Å². The number of rotatable bonds is 6. The van der Waals surface area contributed by atoms with E-state index in [9.17, 15) is 0 Å². The van der Waals surface area contributed by atoms with E-state index in [1.165, 1.54) is 38.6 Å². The highest BCUT2D eigenvalue weighted by molar-refractivity contribution is 4.93. The van der Waals surface area contributed by atoms with Crippen molar-refractivity contribution in [2.75, 3.05) is 19.7 Å². The van der Waals surface area contributed by atoms with E-state index in [-0.39, 0.29) is 0 Å². The molecular formula is C12H24N2O.